The maximum Gasteiger partial charge on any atom is 0.255 e. The zero-order chi connectivity index (χ0) is 13.1. The van der Waals surface area contributed by atoms with Crippen LogP contribution in [0.5, 0.6) is 0 Å². The summed E-state index contributed by atoms with van der Waals surface area (Å²) in [6, 6.07) is 12.9. The topological polar surface area (TPSA) is 29.1 Å². The molecule has 1 N–H and O–H groups in total. The Morgan fingerprint density at radius 2 is 1.72 bits per heavy atom. The molecule has 2 aromatic carbocycles. The van der Waals surface area contributed by atoms with E-state index in [9.17, 15) is 4.79 Å². The molecule has 0 saturated heterocycles. The first-order chi connectivity index (χ1) is 8.56. The second-order valence-electron chi connectivity index (χ2n) is 4.28. The van der Waals surface area contributed by atoms with Gasteiger partial charge in [-0.25, -0.2) is 0 Å². The van der Waals surface area contributed by atoms with E-state index in [1.807, 2.05) is 38.1 Å². The highest BCUT2D eigenvalue weighted by atomic mass is 35.5. The third kappa shape index (κ3) is 2.90. The molecular formula is C15H14ClNO. The van der Waals surface area contributed by atoms with E-state index in [4.69, 9.17) is 11.6 Å². The van der Waals surface area contributed by atoms with E-state index < -0.39 is 0 Å². The van der Waals surface area contributed by atoms with E-state index in [0.717, 1.165) is 11.1 Å². The second-order valence-corrected chi connectivity index (χ2v) is 4.69. The van der Waals surface area contributed by atoms with Gasteiger partial charge in [-0.15, -0.1) is 0 Å². The maximum absolute atomic E-state index is 12.0. The molecule has 0 spiro atoms. The average molecular weight is 260 g/mol. The van der Waals surface area contributed by atoms with Gasteiger partial charge in [-0.2, -0.15) is 0 Å². The number of benzene rings is 2. The summed E-state index contributed by atoms with van der Waals surface area (Å²) in [5, 5.41) is 3.47. The number of amides is 1. The first kappa shape index (κ1) is 12.7. The van der Waals surface area contributed by atoms with Crippen molar-refractivity contribution in [3.63, 3.8) is 0 Å². The van der Waals surface area contributed by atoms with Gasteiger partial charge in [-0.05, 0) is 43.7 Å². The fraction of sp³-hybridized carbons (Fsp3) is 0.133. The number of aryl methyl sites for hydroxylation is 2. The van der Waals surface area contributed by atoms with E-state index >= 15 is 0 Å². The van der Waals surface area contributed by atoms with Crippen LogP contribution in [0.4, 0.5) is 5.69 Å². The van der Waals surface area contributed by atoms with E-state index in [1.54, 1.807) is 18.2 Å². The molecule has 0 bridgehead atoms. The number of halogens is 1. The predicted molar refractivity (Wildman–Crippen MR) is 75.3 cm³/mol. The van der Waals surface area contributed by atoms with E-state index in [2.05, 4.69) is 5.32 Å². The van der Waals surface area contributed by atoms with Crippen LogP contribution in [0.3, 0.4) is 0 Å². The quantitative estimate of drug-likeness (QED) is 0.860. The molecule has 0 unspecified atom stereocenters. The highest BCUT2D eigenvalue weighted by molar-refractivity contribution is 6.31. The van der Waals surface area contributed by atoms with Crippen LogP contribution in [0.15, 0.2) is 42.5 Å². The lowest BCUT2D eigenvalue weighted by atomic mass is 10.1. The normalized spacial score (nSPS) is 10.2. The molecule has 18 heavy (non-hydrogen) atoms. The summed E-state index contributed by atoms with van der Waals surface area (Å²) in [4.78, 5) is 12.0. The van der Waals surface area contributed by atoms with E-state index in [1.165, 1.54) is 0 Å². The van der Waals surface area contributed by atoms with Crippen molar-refractivity contribution in [1.29, 1.82) is 0 Å². The molecule has 2 nitrogen and oxygen atoms in total. The van der Waals surface area contributed by atoms with Crippen LogP contribution in [-0.4, -0.2) is 5.91 Å². The number of anilines is 1. The molecule has 0 aliphatic heterocycles. The summed E-state index contributed by atoms with van der Waals surface area (Å²) in [5.41, 5.74) is 3.46. The Bertz CT molecular complexity index is 576. The minimum absolute atomic E-state index is 0.130. The fourth-order valence-corrected chi connectivity index (χ4v) is 1.76. The van der Waals surface area contributed by atoms with Gasteiger partial charge in [0.15, 0.2) is 0 Å². The zero-order valence-electron chi connectivity index (χ0n) is 10.3. The molecule has 2 aromatic rings. The van der Waals surface area contributed by atoms with Crippen molar-refractivity contribution in [2.75, 3.05) is 5.32 Å². The van der Waals surface area contributed by atoms with Crippen LogP contribution in [0.1, 0.15) is 21.5 Å². The molecule has 2 rings (SSSR count). The lowest BCUT2D eigenvalue weighted by molar-refractivity contribution is 0.102. The minimum atomic E-state index is -0.130. The predicted octanol–water partition coefficient (Wildman–Crippen LogP) is 4.21. The van der Waals surface area contributed by atoms with Gasteiger partial charge in [-0.1, -0.05) is 35.4 Å². The van der Waals surface area contributed by atoms with Gasteiger partial charge < -0.3 is 5.32 Å². The molecule has 3 heteroatoms. The van der Waals surface area contributed by atoms with Gasteiger partial charge in [0.05, 0.1) is 0 Å². The molecule has 0 saturated carbocycles. The average Bonchev–Trinajstić information content (AvgIpc) is 2.34. The summed E-state index contributed by atoms with van der Waals surface area (Å²) in [6.45, 7) is 3.91. The maximum atomic E-state index is 12.0. The number of hydrogen-bond acceptors (Lipinski definition) is 1. The van der Waals surface area contributed by atoms with Gasteiger partial charge in [-0.3, -0.25) is 4.79 Å². The van der Waals surface area contributed by atoms with Crippen molar-refractivity contribution >= 4 is 23.2 Å². The van der Waals surface area contributed by atoms with Crippen molar-refractivity contribution in [3.8, 4) is 0 Å². The Balaban J connectivity index is 2.16. The van der Waals surface area contributed by atoms with Gasteiger partial charge in [0, 0.05) is 16.3 Å². The Morgan fingerprint density at radius 1 is 1.06 bits per heavy atom. The van der Waals surface area contributed by atoms with Crippen molar-refractivity contribution in [1.82, 2.24) is 0 Å². The van der Waals surface area contributed by atoms with E-state index in [-0.39, 0.29) is 5.91 Å². The van der Waals surface area contributed by atoms with Crippen molar-refractivity contribution < 1.29 is 4.79 Å². The molecular weight excluding hydrogens is 246 g/mol. The molecule has 0 aromatic heterocycles. The molecule has 92 valence electrons. The molecule has 0 atom stereocenters. The Kier molecular flexibility index (Phi) is 3.68. The number of hydrogen-bond donors (Lipinski definition) is 1. The summed E-state index contributed by atoms with van der Waals surface area (Å²) in [7, 11) is 0. The fourth-order valence-electron chi connectivity index (χ4n) is 1.58. The number of rotatable bonds is 2. The minimum Gasteiger partial charge on any atom is -0.322 e. The second kappa shape index (κ2) is 5.23. The molecule has 1 amide bonds. The van der Waals surface area contributed by atoms with Crippen LogP contribution in [0.25, 0.3) is 0 Å². The lowest BCUT2D eigenvalue weighted by Gasteiger charge is -2.07. The van der Waals surface area contributed by atoms with Gasteiger partial charge in [0.2, 0.25) is 0 Å². The smallest absolute Gasteiger partial charge is 0.255 e. The summed E-state index contributed by atoms with van der Waals surface area (Å²) < 4.78 is 0. The van der Waals surface area contributed by atoms with Gasteiger partial charge in [0.1, 0.15) is 0 Å². The Hall–Kier alpha value is -1.80. The number of carbonyl (C=O) groups excluding carboxylic acids is 1. The molecule has 0 radical (unpaired) electrons. The zero-order valence-corrected chi connectivity index (χ0v) is 11.1. The molecule has 0 aliphatic rings. The summed E-state index contributed by atoms with van der Waals surface area (Å²) in [6.07, 6.45) is 0. The van der Waals surface area contributed by atoms with Gasteiger partial charge in [0.25, 0.3) is 5.91 Å². The lowest BCUT2D eigenvalue weighted by Crippen LogP contribution is -2.11. The number of nitrogens with one attached hydrogen (secondary N) is 1. The van der Waals surface area contributed by atoms with Crippen LogP contribution in [0.2, 0.25) is 5.02 Å². The first-order valence-electron chi connectivity index (χ1n) is 5.70. The third-order valence-electron chi connectivity index (χ3n) is 2.74. The van der Waals surface area contributed by atoms with Gasteiger partial charge >= 0.3 is 0 Å². The highest BCUT2D eigenvalue weighted by Crippen LogP contribution is 2.20. The Morgan fingerprint density at radius 3 is 2.33 bits per heavy atom. The molecule has 0 heterocycles. The Labute approximate surface area is 112 Å². The van der Waals surface area contributed by atoms with Crippen LogP contribution >= 0.6 is 11.6 Å². The van der Waals surface area contributed by atoms with Crippen LogP contribution in [-0.2, 0) is 0 Å². The van der Waals surface area contributed by atoms with Crippen LogP contribution < -0.4 is 5.32 Å². The summed E-state index contributed by atoms with van der Waals surface area (Å²) >= 11 is 6.01. The monoisotopic (exact) mass is 259 g/mol. The van der Waals surface area contributed by atoms with Crippen molar-refractivity contribution in [3.05, 3.63) is 64.2 Å². The number of carbonyl (C=O) groups is 1. The van der Waals surface area contributed by atoms with E-state index in [0.29, 0.717) is 16.3 Å². The highest BCUT2D eigenvalue weighted by Gasteiger charge is 2.06. The first-order valence-corrected chi connectivity index (χ1v) is 6.08. The SMILES string of the molecule is Cc1ccc(C(=O)Nc2ccc(C)c(Cl)c2)cc1. The van der Waals surface area contributed by atoms with Crippen molar-refractivity contribution in [2.45, 2.75) is 13.8 Å². The summed E-state index contributed by atoms with van der Waals surface area (Å²) in [5.74, 6) is -0.130. The van der Waals surface area contributed by atoms with Crippen LogP contribution in [0, 0.1) is 13.8 Å². The third-order valence-corrected chi connectivity index (χ3v) is 3.15. The molecule has 0 fully saturated rings. The standard InChI is InChI=1S/C15H14ClNO/c1-10-3-6-12(7-4-10)15(18)17-13-8-5-11(2)14(16)9-13/h3-9H,1-2H3,(H,17,18). The van der Waals surface area contributed by atoms with Crippen molar-refractivity contribution in [2.24, 2.45) is 0 Å². The largest absolute Gasteiger partial charge is 0.322 e. The molecule has 0 aliphatic carbocycles.